The number of fused-ring (bicyclic) bond motifs is 1. The van der Waals surface area contributed by atoms with Crippen LogP contribution in [0.3, 0.4) is 0 Å². The maximum absolute atomic E-state index is 12.8. The smallest absolute Gasteiger partial charge is 0.399 e. The third-order valence-electron chi connectivity index (χ3n) is 4.65. The van der Waals surface area contributed by atoms with Crippen molar-refractivity contribution in [3.8, 4) is 11.4 Å². The van der Waals surface area contributed by atoms with E-state index in [0.29, 0.717) is 39.6 Å². The van der Waals surface area contributed by atoms with Gasteiger partial charge in [-0.3, -0.25) is 0 Å². The first-order valence-corrected chi connectivity index (χ1v) is 9.45. The second kappa shape index (κ2) is 8.23. The normalized spacial score (nSPS) is 11.7. The van der Waals surface area contributed by atoms with Gasteiger partial charge in [0.15, 0.2) is 17.3 Å². The summed E-state index contributed by atoms with van der Waals surface area (Å²) in [5.41, 5.74) is 8.11. The molecule has 0 aliphatic carbocycles. The van der Waals surface area contributed by atoms with Crippen LogP contribution < -0.4 is 11.1 Å². The van der Waals surface area contributed by atoms with Crippen molar-refractivity contribution in [1.82, 2.24) is 19.5 Å². The quantitative estimate of drug-likeness (QED) is 0.406. The molecule has 0 amide bonds. The number of hydrogen-bond acceptors (Lipinski definition) is 6. The lowest BCUT2D eigenvalue weighted by molar-refractivity contribution is -0.137. The Bertz CT molecular complexity index is 1200. The molecule has 2 heterocycles. The van der Waals surface area contributed by atoms with Gasteiger partial charge in [-0.1, -0.05) is 24.3 Å². The van der Waals surface area contributed by atoms with Gasteiger partial charge in [-0.05, 0) is 29.8 Å². The number of anilines is 2. The van der Waals surface area contributed by atoms with E-state index < -0.39 is 11.7 Å². The zero-order valence-electron chi connectivity index (χ0n) is 16.3. The first kappa shape index (κ1) is 20.6. The van der Waals surface area contributed by atoms with Crippen LogP contribution in [0.25, 0.3) is 22.6 Å². The van der Waals surface area contributed by atoms with Crippen LogP contribution in [0.15, 0.2) is 54.9 Å². The van der Waals surface area contributed by atoms with Gasteiger partial charge in [0.2, 0.25) is 0 Å². The standard InChI is InChI=1S/C21H19F3N6O/c22-21(23,24)15-6-4-13(5-7-15)11-30-12-27-17-19(26-8-9-31)28-18(29-20(17)30)14-2-1-3-16(25)10-14/h1-7,10,12,31H,8-9,11,25H2,(H,26,28,29). The SMILES string of the molecule is Nc1cccc(-c2nc(NCCO)c3ncn(Cc4ccc(C(F)(F)F)cc4)c3n2)c1. The summed E-state index contributed by atoms with van der Waals surface area (Å²) in [5.74, 6) is 0.858. The number of benzene rings is 2. The molecule has 0 spiro atoms. The van der Waals surface area contributed by atoms with Crippen molar-refractivity contribution in [2.75, 3.05) is 24.2 Å². The Morgan fingerprint density at radius 2 is 1.84 bits per heavy atom. The minimum Gasteiger partial charge on any atom is -0.399 e. The summed E-state index contributed by atoms with van der Waals surface area (Å²) in [5, 5.41) is 12.2. The Balaban J connectivity index is 1.75. The maximum atomic E-state index is 12.8. The second-order valence-electron chi connectivity index (χ2n) is 6.91. The van der Waals surface area contributed by atoms with E-state index in [1.54, 1.807) is 29.1 Å². The number of aliphatic hydroxyl groups excluding tert-OH is 1. The van der Waals surface area contributed by atoms with Crippen LogP contribution in [0.5, 0.6) is 0 Å². The Morgan fingerprint density at radius 3 is 2.52 bits per heavy atom. The highest BCUT2D eigenvalue weighted by Crippen LogP contribution is 2.30. The van der Waals surface area contributed by atoms with Crippen LogP contribution in [0.1, 0.15) is 11.1 Å². The van der Waals surface area contributed by atoms with Crippen LogP contribution in [0.2, 0.25) is 0 Å². The molecule has 0 radical (unpaired) electrons. The van der Waals surface area contributed by atoms with Gasteiger partial charge in [0.1, 0.15) is 5.52 Å². The number of halogens is 3. The fourth-order valence-corrected chi connectivity index (χ4v) is 3.16. The second-order valence-corrected chi connectivity index (χ2v) is 6.91. The number of nitrogens with two attached hydrogens (primary N) is 1. The summed E-state index contributed by atoms with van der Waals surface area (Å²) in [7, 11) is 0. The third-order valence-corrected chi connectivity index (χ3v) is 4.65. The van der Waals surface area contributed by atoms with E-state index in [4.69, 9.17) is 5.73 Å². The first-order chi connectivity index (χ1) is 14.8. The third kappa shape index (κ3) is 4.43. The number of imidazole rings is 1. The fraction of sp³-hybridized carbons (Fsp3) is 0.190. The van der Waals surface area contributed by atoms with E-state index in [2.05, 4.69) is 20.3 Å². The Morgan fingerprint density at radius 1 is 1.06 bits per heavy atom. The molecule has 0 unspecified atom stereocenters. The topological polar surface area (TPSA) is 102 Å². The van der Waals surface area contributed by atoms with Crippen LogP contribution in [0, 0.1) is 0 Å². The minimum absolute atomic E-state index is 0.0919. The molecule has 0 atom stereocenters. The van der Waals surface area contributed by atoms with E-state index in [-0.39, 0.29) is 19.7 Å². The number of aromatic nitrogens is 4. The highest BCUT2D eigenvalue weighted by atomic mass is 19.4. The highest BCUT2D eigenvalue weighted by Gasteiger charge is 2.30. The molecule has 0 bridgehead atoms. The lowest BCUT2D eigenvalue weighted by atomic mass is 10.1. The lowest BCUT2D eigenvalue weighted by Crippen LogP contribution is -2.09. The summed E-state index contributed by atoms with van der Waals surface area (Å²) >= 11 is 0. The molecule has 2 aromatic heterocycles. The van der Waals surface area contributed by atoms with E-state index >= 15 is 0 Å². The molecule has 160 valence electrons. The average molecular weight is 428 g/mol. The molecule has 0 saturated carbocycles. The van der Waals surface area contributed by atoms with Crippen molar-refractivity contribution in [1.29, 1.82) is 0 Å². The molecule has 0 aliphatic rings. The van der Waals surface area contributed by atoms with Gasteiger partial charge in [-0.2, -0.15) is 13.2 Å². The van der Waals surface area contributed by atoms with Gasteiger partial charge in [-0.15, -0.1) is 0 Å². The Labute approximate surface area is 175 Å². The monoisotopic (exact) mass is 428 g/mol. The van der Waals surface area contributed by atoms with Crippen molar-refractivity contribution < 1.29 is 18.3 Å². The van der Waals surface area contributed by atoms with Gasteiger partial charge in [0, 0.05) is 17.8 Å². The molecule has 4 rings (SSSR count). The molecule has 7 nitrogen and oxygen atoms in total. The number of nitrogens with zero attached hydrogens (tertiary/aromatic N) is 4. The Hall–Kier alpha value is -3.66. The number of nitrogens with one attached hydrogen (secondary N) is 1. The van der Waals surface area contributed by atoms with Crippen molar-refractivity contribution in [2.24, 2.45) is 0 Å². The average Bonchev–Trinajstić information content (AvgIpc) is 3.14. The zero-order chi connectivity index (χ0) is 22.0. The molecule has 0 saturated heterocycles. The summed E-state index contributed by atoms with van der Waals surface area (Å²) in [4.78, 5) is 13.5. The molecule has 2 aromatic carbocycles. The van der Waals surface area contributed by atoms with Crippen molar-refractivity contribution >= 4 is 22.7 Å². The van der Waals surface area contributed by atoms with Crippen molar-refractivity contribution in [3.63, 3.8) is 0 Å². The van der Waals surface area contributed by atoms with E-state index in [0.717, 1.165) is 12.1 Å². The molecule has 4 aromatic rings. The van der Waals surface area contributed by atoms with Gasteiger partial charge < -0.3 is 20.7 Å². The van der Waals surface area contributed by atoms with Crippen molar-refractivity contribution in [2.45, 2.75) is 12.7 Å². The van der Waals surface area contributed by atoms with E-state index in [1.165, 1.54) is 12.1 Å². The van der Waals surface area contributed by atoms with Gasteiger partial charge in [0.05, 0.1) is 25.0 Å². The molecular formula is C21H19F3N6O. The predicted molar refractivity (Wildman–Crippen MR) is 111 cm³/mol. The number of nitrogen functional groups attached to an aromatic ring is 1. The summed E-state index contributed by atoms with van der Waals surface area (Å²) in [6.45, 7) is 0.459. The highest BCUT2D eigenvalue weighted by molar-refractivity contribution is 5.85. The minimum atomic E-state index is -4.38. The predicted octanol–water partition coefficient (Wildman–Crippen LogP) is 3.55. The largest absolute Gasteiger partial charge is 0.416 e. The van der Waals surface area contributed by atoms with Gasteiger partial charge in [0.25, 0.3) is 0 Å². The number of alkyl halides is 3. The molecule has 31 heavy (non-hydrogen) atoms. The zero-order valence-corrected chi connectivity index (χ0v) is 16.3. The molecule has 10 heteroatoms. The van der Waals surface area contributed by atoms with Crippen LogP contribution in [0.4, 0.5) is 24.7 Å². The summed E-state index contributed by atoms with van der Waals surface area (Å²) in [6, 6.07) is 12.1. The van der Waals surface area contributed by atoms with Gasteiger partial charge in [-0.25, -0.2) is 15.0 Å². The van der Waals surface area contributed by atoms with E-state index in [9.17, 15) is 18.3 Å². The summed E-state index contributed by atoms with van der Waals surface area (Å²) < 4.78 is 40.2. The summed E-state index contributed by atoms with van der Waals surface area (Å²) in [6.07, 6.45) is -2.82. The number of aliphatic hydroxyl groups is 1. The number of hydrogen-bond donors (Lipinski definition) is 3. The van der Waals surface area contributed by atoms with Crippen LogP contribution in [-0.2, 0) is 12.7 Å². The van der Waals surface area contributed by atoms with Gasteiger partial charge >= 0.3 is 6.18 Å². The Kier molecular flexibility index (Phi) is 5.47. The van der Waals surface area contributed by atoms with Crippen LogP contribution >= 0.6 is 0 Å². The van der Waals surface area contributed by atoms with E-state index in [1.807, 2.05) is 6.07 Å². The van der Waals surface area contributed by atoms with Crippen LogP contribution in [-0.4, -0.2) is 37.8 Å². The maximum Gasteiger partial charge on any atom is 0.416 e. The molecule has 0 fully saturated rings. The molecule has 0 aliphatic heterocycles. The lowest BCUT2D eigenvalue weighted by Gasteiger charge is -2.10. The molecule has 4 N–H and O–H groups in total. The molecular weight excluding hydrogens is 409 g/mol. The van der Waals surface area contributed by atoms with Crippen molar-refractivity contribution in [3.05, 3.63) is 66.0 Å². The number of rotatable bonds is 6. The first-order valence-electron chi connectivity index (χ1n) is 9.45. The fourth-order valence-electron chi connectivity index (χ4n) is 3.16.